The first kappa shape index (κ1) is 23.4. The van der Waals surface area contributed by atoms with Crippen molar-refractivity contribution >= 4 is 49.2 Å². The number of anilines is 2. The van der Waals surface area contributed by atoms with E-state index in [4.69, 9.17) is 9.15 Å². The van der Waals surface area contributed by atoms with Crippen molar-refractivity contribution in [3.63, 3.8) is 0 Å². The summed E-state index contributed by atoms with van der Waals surface area (Å²) < 4.78 is 39.4. The van der Waals surface area contributed by atoms with Gasteiger partial charge in [0.25, 0.3) is 10.0 Å². The van der Waals surface area contributed by atoms with Crippen molar-refractivity contribution in [1.29, 1.82) is 0 Å². The third-order valence-corrected chi connectivity index (χ3v) is 7.69. The molecule has 4 aromatic carbocycles. The van der Waals surface area contributed by atoms with Crippen molar-refractivity contribution in [3.8, 4) is 5.75 Å². The van der Waals surface area contributed by atoms with Gasteiger partial charge in [-0.1, -0.05) is 42.0 Å². The van der Waals surface area contributed by atoms with E-state index in [2.05, 4.69) is 5.32 Å². The molecule has 0 saturated carbocycles. The molecular weight excluding hydrogens is 476 g/mol. The zero-order chi connectivity index (χ0) is 25.3. The fourth-order valence-electron chi connectivity index (χ4n) is 4.05. The van der Waals surface area contributed by atoms with Crippen LogP contribution in [0.15, 0.2) is 100 Å². The number of amides is 1. The molecule has 1 aromatic heterocycles. The van der Waals surface area contributed by atoms with Crippen molar-refractivity contribution in [1.82, 2.24) is 0 Å². The van der Waals surface area contributed by atoms with Gasteiger partial charge in [-0.25, -0.2) is 8.42 Å². The van der Waals surface area contributed by atoms with E-state index in [-0.39, 0.29) is 4.90 Å². The van der Waals surface area contributed by atoms with E-state index in [1.165, 1.54) is 19.2 Å². The second kappa shape index (κ2) is 9.39. The fourth-order valence-corrected chi connectivity index (χ4v) is 5.47. The molecule has 0 bridgehead atoms. The lowest BCUT2D eigenvalue weighted by molar-refractivity contribution is -0.114. The number of nitrogens with zero attached hydrogens (tertiary/aromatic N) is 1. The molecule has 5 aromatic rings. The quantitative estimate of drug-likeness (QED) is 0.308. The molecule has 1 amide bonds. The zero-order valence-electron chi connectivity index (χ0n) is 19.8. The number of hydrogen-bond acceptors (Lipinski definition) is 5. The van der Waals surface area contributed by atoms with E-state index in [0.29, 0.717) is 22.7 Å². The Bertz CT molecular complexity index is 1670. The molecule has 7 nitrogen and oxygen atoms in total. The fraction of sp³-hybridized carbons (Fsp3) is 0.107. The van der Waals surface area contributed by atoms with Crippen LogP contribution in [-0.4, -0.2) is 28.0 Å². The number of carbonyl (C=O) groups is 1. The number of carbonyl (C=O) groups excluding carboxylic acids is 1. The van der Waals surface area contributed by atoms with Crippen LogP contribution in [0.5, 0.6) is 5.75 Å². The number of hydrogen-bond donors (Lipinski definition) is 1. The van der Waals surface area contributed by atoms with E-state index < -0.39 is 22.5 Å². The predicted octanol–water partition coefficient (Wildman–Crippen LogP) is 5.74. The highest BCUT2D eigenvalue weighted by Crippen LogP contribution is 2.31. The number of ether oxygens (including phenoxy) is 1. The Morgan fingerprint density at radius 3 is 2.42 bits per heavy atom. The average Bonchev–Trinajstić information content (AvgIpc) is 3.25. The minimum absolute atomic E-state index is 0.0902. The van der Waals surface area contributed by atoms with Crippen LogP contribution in [0, 0.1) is 6.92 Å². The van der Waals surface area contributed by atoms with Crippen LogP contribution in [0.3, 0.4) is 0 Å². The van der Waals surface area contributed by atoms with E-state index in [9.17, 15) is 13.2 Å². The molecule has 0 atom stereocenters. The van der Waals surface area contributed by atoms with Gasteiger partial charge in [-0.2, -0.15) is 0 Å². The van der Waals surface area contributed by atoms with Crippen LogP contribution in [0.4, 0.5) is 11.4 Å². The number of para-hydroxylation sites is 1. The van der Waals surface area contributed by atoms with Crippen LogP contribution in [0.1, 0.15) is 5.56 Å². The minimum atomic E-state index is -4.04. The molecule has 0 aliphatic rings. The van der Waals surface area contributed by atoms with Gasteiger partial charge in [0.05, 0.1) is 17.7 Å². The Labute approximate surface area is 209 Å². The Hall–Kier alpha value is -4.30. The molecule has 5 rings (SSSR count). The van der Waals surface area contributed by atoms with Crippen molar-refractivity contribution in [3.05, 3.63) is 96.6 Å². The normalized spacial score (nSPS) is 11.5. The van der Waals surface area contributed by atoms with E-state index in [1.807, 2.05) is 37.3 Å². The van der Waals surface area contributed by atoms with E-state index in [0.717, 1.165) is 26.2 Å². The summed E-state index contributed by atoms with van der Waals surface area (Å²) in [5.41, 5.74) is 3.14. The molecule has 0 saturated heterocycles. The number of rotatable bonds is 7. The Morgan fingerprint density at radius 2 is 1.64 bits per heavy atom. The highest BCUT2D eigenvalue weighted by atomic mass is 32.2. The summed E-state index contributed by atoms with van der Waals surface area (Å²) in [4.78, 5) is 13.2. The van der Waals surface area contributed by atoms with Gasteiger partial charge < -0.3 is 14.5 Å². The molecule has 0 spiro atoms. The lowest BCUT2D eigenvalue weighted by Crippen LogP contribution is -2.38. The van der Waals surface area contributed by atoms with Crippen molar-refractivity contribution in [2.24, 2.45) is 0 Å². The second-order valence-corrected chi connectivity index (χ2v) is 10.2. The molecule has 0 radical (unpaired) electrons. The lowest BCUT2D eigenvalue weighted by Gasteiger charge is -2.24. The lowest BCUT2D eigenvalue weighted by atomic mass is 10.1. The molecule has 0 aliphatic carbocycles. The molecule has 0 aliphatic heterocycles. The molecule has 1 heterocycles. The summed E-state index contributed by atoms with van der Waals surface area (Å²) in [6.45, 7) is 1.45. The molecule has 1 N–H and O–H groups in total. The topological polar surface area (TPSA) is 88.8 Å². The number of furan rings is 1. The molecule has 0 unspecified atom stereocenters. The van der Waals surface area contributed by atoms with E-state index in [1.54, 1.807) is 48.5 Å². The summed E-state index contributed by atoms with van der Waals surface area (Å²) in [6, 6.07) is 26.2. The molecule has 0 fully saturated rings. The van der Waals surface area contributed by atoms with Gasteiger partial charge in [0.15, 0.2) is 0 Å². The Kier molecular flexibility index (Phi) is 6.12. The zero-order valence-corrected chi connectivity index (χ0v) is 20.6. The largest absolute Gasteiger partial charge is 0.497 e. The number of sulfonamides is 1. The van der Waals surface area contributed by atoms with Gasteiger partial charge in [0.1, 0.15) is 23.5 Å². The monoisotopic (exact) mass is 500 g/mol. The Balaban J connectivity index is 1.46. The maximum Gasteiger partial charge on any atom is 0.264 e. The van der Waals surface area contributed by atoms with Crippen LogP contribution in [0.25, 0.3) is 21.9 Å². The van der Waals surface area contributed by atoms with Crippen molar-refractivity contribution in [2.45, 2.75) is 11.8 Å². The summed E-state index contributed by atoms with van der Waals surface area (Å²) in [5.74, 6) is -0.0173. The number of aryl methyl sites for hydroxylation is 1. The van der Waals surface area contributed by atoms with Gasteiger partial charge in [0.2, 0.25) is 5.91 Å². The average molecular weight is 501 g/mol. The third-order valence-electron chi connectivity index (χ3n) is 5.90. The summed E-state index contributed by atoms with van der Waals surface area (Å²) in [5, 5.41) is 4.72. The number of fused-ring (bicyclic) bond motifs is 3. The van der Waals surface area contributed by atoms with Gasteiger partial charge in [0, 0.05) is 28.6 Å². The molecule has 182 valence electrons. The SMILES string of the molecule is COc1cccc(N(CC(=O)Nc2ccc3c(c2)oc2ccccc23)S(=O)(=O)c2ccc(C)cc2)c1. The maximum atomic E-state index is 13.6. The molecule has 8 heteroatoms. The van der Waals surface area contributed by atoms with Gasteiger partial charge >= 0.3 is 0 Å². The van der Waals surface area contributed by atoms with Gasteiger partial charge in [-0.05, 0) is 49.4 Å². The summed E-state index contributed by atoms with van der Waals surface area (Å²) in [6.07, 6.45) is 0. The minimum Gasteiger partial charge on any atom is -0.497 e. The number of methoxy groups -OCH3 is 1. The van der Waals surface area contributed by atoms with E-state index >= 15 is 0 Å². The van der Waals surface area contributed by atoms with Crippen LogP contribution in [0.2, 0.25) is 0 Å². The van der Waals surface area contributed by atoms with Crippen LogP contribution in [-0.2, 0) is 14.8 Å². The predicted molar refractivity (Wildman–Crippen MR) is 141 cm³/mol. The van der Waals surface area contributed by atoms with Crippen molar-refractivity contribution < 1.29 is 22.4 Å². The third kappa shape index (κ3) is 4.50. The van der Waals surface area contributed by atoms with Crippen LogP contribution >= 0.6 is 0 Å². The second-order valence-electron chi connectivity index (χ2n) is 8.38. The number of benzene rings is 4. The van der Waals surface area contributed by atoms with Crippen molar-refractivity contribution in [2.75, 3.05) is 23.3 Å². The standard InChI is InChI=1S/C28H24N2O5S/c1-19-10-13-23(14-11-19)36(32,33)30(21-6-5-7-22(17-21)34-2)18-28(31)29-20-12-15-25-24-8-3-4-9-26(24)35-27(25)16-20/h3-17H,18H2,1-2H3,(H,29,31). The summed E-state index contributed by atoms with van der Waals surface area (Å²) >= 11 is 0. The first-order chi connectivity index (χ1) is 17.3. The van der Waals surface area contributed by atoms with Crippen LogP contribution < -0.4 is 14.4 Å². The number of nitrogens with one attached hydrogen (secondary N) is 1. The molecular formula is C28H24N2O5S. The van der Waals surface area contributed by atoms with Gasteiger partial charge in [-0.15, -0.1) is 0 Å². The van der Waals surface area contributed by atoms with Gasteiger partial charge in [-0.3, -0.25) is 9.10 Å². The Morgan fingerprint density at radius 1 is 0.889 bits per heavy atom. The first-order valence-corrected chi connectivity index (χ1v) is 12.7. The highest BCUT2D eigenvalue weighted by molar-refractivity contribution is 7.92. The highest BCUT2D eigenvalue weighted by Gasteiger charge is 2.27. The smallest absolute Gasteiger partial charge is 0.264 e. The first-order valence-electron chi connectivity index (χ1n) is 11.3. The molecule has 36 heavy (non-hydrogen) atoms. The summed E-state index contributed by atoms with van der Waals surface area (Å²) in [7, 11) is -2.54. The maximum absolute atomic E-state index is 13.6.